The highest BCUT2D eigenvalue weighted by Gasteiger charge is 2.16. The molecule has 2 heteroatoms. The number of hydrogen-bond donors (Lipinski definition) is 0. The lowest BCUT2D eigenvalue weighted by atomic mass is 9.93. The molecule has 0 aliphatic heterocycles. The van der Waals surface area contributed by atoms with Gasteiger partial charge in [-0.3, -0.25) is 0 Å². The fourth-order valence-corrected chi connectivity index (χ4v) is 1.55. The molecule has 0 spiro atoms. The van der Waals surface area contributed by atoms with E-state index in [-0.39, 0.29) is 5.97 Å². The molecule has 0 unspecified atom stereocenters. The topological polar surface area (TPSA) is 26.3 Å². The molecule has 0 amide bonds. The van der Waals surface area contributed by atoms with Gasteiger partial charge in [0.15, 0.2) is 0 Å². The molecule has 0 saturated carbocycles. The van der Waals surface area contributed by atoms with Gasteiger partial charge in [-0.05, 0) is 39.5 Å². The van der Waals surface area contributed by atoms with Gasteiger partial charge >= 0.3 is 5.97 Å². The molecule has 0 aromatic rings. The molecule has 1 rings (SSSR count). The number of ether oxygens (including phenoxy) is 1. The molecule has 0 fully saturated rings. The highest BCUT2D eigenvalue weighted by molar-refractivity contribution is 5.89. The minimum Gasteiger partial charge on any atom is -0.463 e. The molecule has 2 nitrogen and oxygen atoms in total. The Balaban J connectivity index is 2.64. The second kappa shape index (κ2) is 4.29. The fourth-order valence-electron chi connectivity index (χ4n) is 1.55. The molecule has 1 aliphatic carbocycles. The SMILES string of the molecule is CCOC(=O)C1=C(C)CCCC1. The first-order valence-corrected chi connectivity index (χ1v) is 4.61. The molecule has 0 aromatic heterocycles. The van der Waals surface area contributed by atoms with Gasteiger partial charge in [0.25, 0.3) is 0 Å². The molecule has 12 heavy (non-hydrogen) atoms. The molecule has 0 N–H and O–H groups in total. The molecule has 0 saturated heterocycles. The standard InChI is InChI=1S/C10H16O2/c1-3-12-10(11)9-7-5-4-6-8(9)2/h3-7H2,1-2H3. The number of esters is 1. The van der Waals surface area contributed by atoms with E-state index in [0.29, 0.717) is 6.61 Å². The van der Waals surface area contributed by atoms with E-state index in [0.717, 1.165) is 24.8 Å². The zero-order valence-electron chi connectivity index (χ0n) is 7.85. The van der Waals surface area contributed by atoms with Crippen molar-refractivity contribution < 1.29 is 9.53 Å². The molecule has 68 valence electrons. The van der Waals surface area contributed by atoms with Crippen LogP contribution in [0.4, 0.5) is 0 Å². The average Bonchev–Trinajstić information content (AvgIpc) is 2.05. The Morgan fingerprint density at radius 1 is 1.42 bits per heavy atom. The summed E-state index contributed by atoms with van der Waals surface area (Å²) in [4.78, 5) is 11.3. The quantitative estimate of drug-likeness (QED) is 0.592. The van der Waals surface area contributed by atoms with E-state index in [1.807, 2.05) is 13.8 Å². The second-order valence-corrected chi connectivity index (χ2v) is 3.19. The molecule has 0 radical (unpaired) electrons. The van der Waals surface area contributed by atoms with E-state index < -0.39 is 0 Å². The number of allylic oxidation sites excluding steroid dienone is 1. The highest BCUT2D eigenvalue weighted by Crippen LogP contribution is 2.24. The van der Waals surface area contributed by atoms with Crippen molar-refractivity contribution in [2.75, 3.05) is 6.61 Å². The average molecular weight is 168 g/mol. The molecule has 1 aliphatic rings. The smallest absolute Gasteiger partial charge is 0.333 e. The number of carbonyl (C=O) groups is 1. The van der Waals surface area contributed by atoms with Crippen LogP contribution in [0.25, 0.3) is 0 Å². The van der Waals surface area contributed by atoms with Crippen molar-refractivity contribution in [1.82, 2.24) is 0 Å². The number of hydrogen-bond acceptors (Lipinski definition) is 2. The van der Waals surface area contributed by atoms with Crippen molar-refractivity contribution in [1.29, 1.82) is 0 Å². The van der Waals surface area contributed by atoms with Crippen LogP contribution in [0.15, 0.2) is 11.1 Å². The summed E-state index contributed by atoms with van der Waals surface area (Å²) in [5.74, 6) is -0.102. The van der Waals surface area contributed by atoms with E-state index in [1.165, 1.54) is 12.0 Å². The van der Waals surface area contributed by atoms with Gasteiger partial charge in [-0.25, -0.2) is 4.79 Å². The van der Waals surface area contributed by atoms with E-state index in [4.69, 9.17) is 4.74 Å². The highest BCUT2D eigenvalue weighted by atomic mass is 16.5. The van der Waals surface area contributed by atoms with Crippen LogP contribution in [0.3, 0.4) is 0 Å². The van der Waals surface area contributed by atoms with Crippen LogP contribution in [-0.4, -0.2) is 12.6 Å². The second-order valence-electron chi connectivity index (χ2n) is 3.19. The third kappa shape index (κ3) is 2.10. The Bertz CT molecular complexity index is 204. The van der Waals surface area contributed by atoms with Crippen molar-refractivity contribution in [3.8, 4) is 0 Å². The summed E-state index contributed by atoms with van der Waals surface area (Å²) >= 11 is 0. The van der Waals surface area contributed by atoms with E-state index in [2.05, 4.69) is 0 Å². The van der Waals surface area contributed by atoms with Crippen LogP contribution < -0.4 is 0 Å². The Morgan fingerprint density at radius 2 is 2.08 bits per heavy atom. The van der Waals surface area contributed by atoms with Crippen molar-refractivity contribution >= 4 is 5.97 Å². The summed E-state index contributed by atoms with van der Waals surface area (Å²) in [6, 6.07) is 0. The predicted molar refractivity (Wildman–Crippen MR) is 47.8 cm³/mol. The maximum atomic E-state index is 11.3. The molecule has 0 bridgehead atoms. The summed E-state index contributed by atoms with van der Waals surface area (Å²) in [5, 5.41) is 0. The van der Waals surface area contributed by atoms with Gasteiger partial charge in [-0.2, -0.15) is 0 Å². The summed E-state index contributed by atoms with van der Waals surface area (Å²) in [6.45, 7) is 4.36. The summed E-state index contributed by atoms with van der Waals surface area (Å²) in [5.41, 5.74) is 2.14. The van der Waals surface area contributed by atoms with Crippen molar-refractivity contribution in [3.63, 3.8) is 0 Å². The van der Waals surface area contributed by atoms with Crippen LogP contribution in [0.5, 0.6) is 0 Å². The van der Waals surface area contributed by atoms with Gasteiger partial charge in [-0.15, -0.1) is 0 Å². The molecular formula is C10H16O2. The van der Waals surface area contributed by atoms with Crippen molar-refractivity contribution in [3.05, 3.63) is 11.1 Å². The maximum Gasteiger partial charge on any atom is 0.333 e. The van der Waals surface area contributed by atoms with Crippen LogP contribution in [0, 0.1) is 0 Å². The van der Waals surface area contributed by atoms with Crippen molar-refractivity contribution in [2.45, 2.75) is 39.5 Å². The van der Waals surface area contributed by atoms with E-state index in [9.17, 15) is 4.79 Å². The summed E-state index contributed by atoms with van der Waals surface area (Å²) < 4.78 is 4.95. The van der Waals surface area contributed by atoms with Crippen LogP contribution >= 0.6 is 0 Å². The zero-order valence-corrected chi connectivity index (χ0v) is 7.85. The summed E-state index contributed by atoms with van der Waals surface area (Å²) in [7, 11) is 0. The monoisotopic (exact) mass is 168 g/mol. The van der Waals surface area contributed by atoms with Crippen molar-refractivity contribution in [2.24, 2.45) is 0 Å². The van der Waals surface area contributed by atoms with Crippen LogP contribution in [0.1, 0.15) is 39.5 Å². The molecule has 0 heterocycles. The Kier molecular flexibility index (Phi) is 3.32. The largest absolute Gasteiger partial charge is 0.463 e. The first-order valence-electron chi connectivity index (χ1n) is 4.61. The minimum atomic E-state index is -0.102. The zero-order chi connectivity index (χ0) is 8.97. The number of rotatable bonds is 2. The van der Waals surface area contributed by atoms with Gasteiger partial charge in [0.1, 0.15) is 0 Å². The van der Waals surface area contributed by atoms with Gasteiger partial charge in [-0.1, -0.05) is 5.57 Å². The number of carbonyl (C=O) groups excluding carboxylic acids is 1. The first kappa shape index (κ1) is 9.30. The molecular weight excluding hydrogens is 152 g/mol. The van der Waals surface area contributed by atoms with Crippen LogP contribution in [-0.2, 0) is 9.53 Å². The van der Waals surface area contributed by atoms with Gasteiger partial charge < -0.3 is 4.74 Å². The maximum absolute atomic E-state index is 11.3. The van der Waals surface area contributed by atoms with Gasteiger partial charge in [0, 0.05) is 5.57 Å². The minimum absolute atomic E-state index is 0.102. The van der Waals surface area contributed by atoms with Gasteiger partial charge in [0.05, 0.1) is 6.61 Å². The van der Waals surface area contributed by atoms with E-state index in [1.54, 1.807) is 0 Å². The predicted octanol–water partition coefficient (Wildman–Crippen LogP) is 2.44. The summed E-state index contributed by atoms with van der Waals surface area (Å²) in [6.07, 6.45) is 4.32. The lowest BCUT2D eigenvalue weighted by Crippen LogP contribution is -2.12. The molecule has 0 atom stereocenters. The van der Waals surface area contributed by atoms with Crippen LogP contribution in [0.2, 0.25) is 0 Å². The third-order valence-corrected chi connectivity index (χ3v) is 2.27. The van der Waals surface area contributed by atoms with Gasteiger partial charge in [0.2, 0.25) is 0 Å². The molecule has 0 aromatic carbocycles. The lowest BCUT2D eigenvalue weighted by Gasteiger charge is -2.15. The Morgan fingerprint density at radius 3 is 2.67 bits per heavy atom. The Hall–Kier alpha value is -0.790. The third-order valence-electron chi connectivity index (χ3n) is 2.27. The normalized spacial score (nSPS) is 17.8. The first-order chi connectivity index (χ1) is 5.75. The lowest BCUT2D eigenvalue weighted by molar-refractivity contribution is -0.138. The fraction of sp³-hybridized carbons (Fsp3) is 0.700. The Labute approximate surface area is 73.6 Å². The van der Waals surface area contributed by atoms with E-state index >= 15 is 0 Å².